The summed E-state index contributed by atoms with van der Waals surface area (Å²) in [5.41, 5.74) is 0.409. The van der Waals surface area contributed by atoms with E-state index >= 15 is 0 Å². The number of likely N-dealkylation sites (tertiary alicyclic amines) is 1. The van der Waals surface area contributed by atoms with Gasteiger partial charge in [0.2, 0.25) is 5.95 Å². The van der Waals surface area contributed by atoms with Gasteiger partial charge in [-0.05, 0) is 25.3 Å². The van der Waals surface area contributed by atoms with Gasteiger partial charge in [0, 0.05) is 44.0 Å². The lowest BCUT2D eigenvalue weighted by atomic mass is 10.0. The van der Waals surface area contributed by atoms with Crippen molar-refractivity contribution in [2.45, 2.75) is 38.6 Å². The molecule has 2 aromatic heterocycles. The van der Waals surface area contributed by atoms with E-state index < -0.39 is 0 Å². The van der Waals surface area contributed by atoms with Gasteiger partial charge in [-0.25, -0.2) is 9.97 Å². The molecule has 0 saturated carbocycles. The Labute approximate surface area is 135 Å². The SMILES string of the molecule is CCCc1cc(C(=O)N2CCC(Nc3ncccn3)CC2)no1. The first-order chi connectivity index (χ1) is 11.3. The number of hydrogen-bond acceptors (Lipinski definition) is 6. The summed E-state index contributed by atoms with van der Waals surface area (Å²) < 4.78 is 5.19. The van der Waals surface area contributed by atoms with Crippen molar-refractivity contribution in [1.29, 1.82) is 0 Å². The second kappa shape index (κ2) is 7.21. The van der Waals surface area contributed by atoms with Gasteiger partial charge < -0.3 is 14.7 Å². The van der Waals surface area contributed by atoms with Crippen LogP contribution in [0, 0.1) is 0 Å². The van der Waals surface area contributed by atoms with Crippen LogP contribution in [0.1, 0.15) is 42.4 Å². The van der Waals surface area contributed by atoms with Gasteiger partial charge in [-0.1, -0.05) is 12.1 Å². The predicted molar refractivity (Wildman–Crippen MR) is 85.1 cm³/mol. The molecule has 3 rings (SSSR count). The van der Waals surface area contributed by atoms with Gasteiger partial charge in [-0.15, -0.1) is 0 Å². The Morgan fingerprint density at radius 1 is 1.35 bits per heavy atom. The molecule has 7 heteroatoms. The Balaban J connectivity index is 1.52. The van der Waals surface area contributed by atoms with Crippen LogP contribution in [-0.4, -0.2) is 45.1 Å². The molecular weight excluding hydrogens is 294 g/mol. The number of nitrogens with zero attached hydrogens (tertiary/aromatic N) is 4. The maximum atomic E-state index is 12.4. The highest BCUT2D eigenvalue weighted by atomic mass is 16.5. The number of rotatable bonds is 5. The first-order valence-electron chi connectivity index (χ1n) is 8.04. The summed E-state index contributed by atoms with van der Waals surface area (Å²) in [7, 11) is 0. The molecule has 0 radical (unpaired) electrons. The average molecular weight is 315 g/mol. The molecule has 1 aliphatic heterocycles. The fourth-order valence-corrected chi connectivity index (χ4v) is 2.72. The van der Waals surface area contributed by atoms with Crippen LogP contribution in [0.5, 0.6) is 0 Å². The number of carbonyl (C=O) groups excluding carboxylic acids is 1. The van der Waals surface area contributed by atoms with Crippen LogP contribution in [0.15, 0.2) is 29.0 Å². The summed E-state index contributed by atoms with van der Waals surface area (Å²) in [6.07, 6.45) is 6.94. The fourth-order valence-electron chi connectivity index (χ4n) is 2.72. The lowest BCUT2D eigenvalue weighted by Gasteiger charge is -2.31. The van der Waals surface area contributed by atoms with Gasteiger partial charge in [0.25, 0.3) is 5.91 Å². The molecule has 0 spiro atoms. The molecule has 1 amide bonds. The van der Waals surface area contributed by atoms with E-state index in [-0.39, 0.29) is 11.9 Å². The fraction of sp³-hybridized carbons (Fsp3) is 0.500. The van der Waals surface area contributed by atoms with Crippen molar-refractivity contribution < 1.29 is 9.32 Å². The van der Waals surface area contributed by atoms with Crippen LogP contribution >= 0.6 is 0 Å². The summed E-state index contributed by atoms with van der Waals surface area (Å²) in [5.74, 6) is 1.36. The Morgan fingerprint density at radius 3 is 2.78 bits per heavy atom. The van der Waals surface area contributed by atoms with E-state index in [1.54, 1.807) is 24.5 Å². The molecular formula is C16H21N5O2. The number of aryl methyl sites for hydroxylation is 1. The smallest absolute Gasteiger partial charge is 0.276 e. The van der Waals surface area contributed by atoms with Crippen molar-refractivity contribution in [1.82, 2.24) is 20.0 Å². The minimum Gasteiger partial charge on any atom is -0.361 e. The number of carbonyl (C=O) groups is 1. The number of hydrogen-bond donors (Lipinski definition) is 1. The third-order valence-corrected chi connectivity index (χ3v) is 3.96. The molecule has 1 aliphatic rings. The second-order valence-electron chi connectivity index (χ2n) is 5.71. The third-order valence-electron chi connectivity index (χ3n) is 3.96. The van der Waals surface area contributed by atoms with Crippen molar-refractivity contribution in [3.05, 3.63) is 36.0 Å². The van der Waals surface area contributed by atoms with Crippen LogP contribution in [0.25, 0.3) is 0 Å². The second-order valence-corrected chi connectivity index (χ2v) is 5.71. The minimum absolute atomic E-state index is 0.0504. The van der Waals surface area contributed by atoms with Gasteiger partial charge in [0.05, 0.1) is 0 Å². The monoisotopic (exact) mass is 315 g/mol. The summed E-state index contributed by atoms with van der Waals surface area (Å²) in [4.78, 5) is 22.6. The average Bonchev–Trinajstić information content (AvgIpc) is 3.05. The Morgan fingerprint density at radius 2 is 2.09 bits per heavy atom. The Hall–Kier alpha value is -2.44. The van der Waals surface area contributed by atoms with Crippen molar-refractivity contribution >= 4 is 11.9 Å². The molecule has 1 N–H and O–H groups in total. The van der Waals surface area contributed by atoms with Crippen LogP contribution in [0.3, 0.4) is 0 Å². The zero-order valence-electron chi connectivity index (χ0n) is 13.2. The lowest BCUT2D eigenvalue weighted by Crippen LogP contribution is -2.42. The molecule has 0 unspecified atom stereocenters. The largest absolute Gasteiger partial charge is 0.361 e. The number of amides is 1. The summed E-state index contributed by atoms with van der Waals surface area (Å²) in [6, 6.07) is 3.83. The normalized spacial score (nSPS) is 15.6. The molecule has 1 fully saturated rings. The van der Waals surface area contributed by atoms with Crippen LogP contribution < -0.4 is 5.32 Å². The number of nitrogens with one attached hydrogen (secondary N) is 1. The predicted octanol–water partition coefficient (Wildman–Crippen LogP) is 2.13. The van der Waals surface area contributed by atoms with Gasteiger partial charge in [-0.3, -0.25) is 4.79 Å². The molecule has 0 aliphatic carbocycles. The van der Waals surface area contributed by atoms with Gasteiger partial charge in [0.15, 0.2) is 5.69 Å². The van der Waals surface area contributed by atoms with Gasteiger partial charge in [-0.2, -0.15) is 0 Å². The van der Waals surface area contributed by atoms with E-state index in [1.807, 2.05) is 4.90 Å². The summed E-state index contributed by atoms with van der Waals surface area (Å²) in [6.45, 7) is 3.46. The first-order valence-corrected chi connectivity index (χ1v) is 8.04. The minimum atomic E-state index is -0.0504. The Bertz CT molecular complexity index is 635. The Kier molecular flexibility index (Phi) is 4.85. The molecule has 1 saturated heterocycles. The van der Waals surface area contributed by atoms with Crippen molar-refractivity contribution in [3.8, 4) is 0 Å². The zero-order chi connectivity index (χ0) is 16.1. The highest BCUT2D eigenvalue weighted by molar-refractivity contribution is 5.92. The number of aromatic nitrogens is 3. The maximum absolute atomic E-state index is 12.4. The van der Waals surface area contributed by atoms with Gasteiger partial charge >= 0.3 is 0 Å². The highest BCUT2D eigenvalue weighted by Crippen LogP contribution is 2.17. The lowest BCUT2D eigenvalue weighted by molar-refractivity contribution is 0.0708. The van der Waals surface area contributed by atoms with Crippen molar-refractivity contribution in [2.24, 2.45) is 0 Å². The van der Waals surface area contributed by atoms with Crippen molar-refractivity contribution in [3.63, 3.8) is 0 Å². The van der Waals surface area contributed by atoms with E-state index in [4.69, 9.17) is 4.52 Å². The standard InChI is InChI=1S/C16H21N5O2/c1-2-4-13-11-14(20-23-13)15(22)21-9-5-12(6-10-21)19-16-17-7-3-8-18-16/h3,7-8,11-12H,2,4-6,9-10H2,1H3,(H,17,18,19). The molecule has 0 aromatic carbocycles. The van der Waals surface area contributed by atoms with E-state index in [0.717, 1.165) is 31.4 Å². The van der Waals surface area contributed by atoms with E-state index in [1.165, 1.54) is 0 Å². The molecule has 0 bridgehead atoms. The maximum Gasteiger partial charge on any atom is 0.276 e. The molecule has 2 aromatic rings. The zero-order valence-corrected chi connectivity index (χ0v) is 13.2. The highest BCUT2D eigenvalue weighted by Gasteiger charge is 2.25. The molecule has 3 heterocycles. The third kappa shape index (κ3) is 3.85. The van der Waals surface area contributed by atoms with E-state index in [2.05, 4.69) is 27.4 Å². The van der Waals surface area contributed by atoms with Crippen LogP contribution in [0.2, 0.25) is 0 Å². The van der Waals surface area contributed by atoms with Crippen LogP contribution in [-0.2, 0) is 6.42 Å². The first kappa shape index (κ1) is 15.5. The molecule has 122 valence electrons. The topological polar surface area (TPSA) is 84.2 Å². The molecule has 23 heavy (non-hydrogen) atoms. The van der Waals surface area contributed by atoms with E-state index in [0.29, 0.717) is 24.7 Å². The van der Waals surface area contributed by atoms with Gasteiger partial charge in [0.1, 0.15) is 5.76 Å². The molecule has 0 atom stereocenters. The quantitative estimate of drug-likeness (QED) is 0.910. The number of piperidine rings is 1. The summed E-state index contributed by atoms with van der Waals surface area (Å²) >= 11 is 0. The number of anilines is 1. The van der Waals surface area contributed by atoms with E-state index in [9.17, 15) is 4.79 Å². The molecule has 7 nitrogen and oxygen atoms in total. The van der Waals surface area contributed by atoms with Crippen LogP contribution in [0.4, 0.5) is 5.95 Å². The van der Waals surface area contributed by atoms with Crippen molar-refractivity contribution in [2.75, 3.05) is 18.4 Å². The summed E-state index contributed by atoms with van der Waals surface area (Å²) in [5, 5.41) is 7.20.